The summed E-state index contributed by atoms with van der Waals surface area (Å²) in [5, 5.41) is 5.84. The molecule has 4 nitrogen and oxygen atoms in total. The number of rotatable bonds is 3. The largest absolute Gasteiger partial charge is 0.353 e. The van der Waals surface area contributed by atoms with Crippen molar-refractivity contribution in [2.24, 2.45) is 5.92 Å². The molecule has 0 saturated heterocycles. The van der Waals surface area contributed by atoms with E-state index in [4.69, 9.17) is 0 Å². The highest BCUT2D eigenvalue weighted by Gasteiger charge is 2.33. The summed E-state index contributed by atoms with van der Waals surface area (Å²) in [6.07, 6.45) is 4.90. The van der Waals surface area contributed by atoms with E-state index in [1.165, 1.54) is 6.42 Å². The van der Waals surface area contributed by atoms with Crippen molar-refractivity contribution >= 4 is 11.8 Å². The second-order valence-electron chi connectivity index (χ2n) is 4.85. The normalized spacial score (nSPS) is 26.9. The summed E-state index contributed by atoms with van der Waals surface area (Å²) in [5.74, 6) is 5.23. The van der Waals surface area contributed by atoms with Gasteiger partial charge in [0.2, 0.25) is 5.91 Å². The molecule has 2 aliphatic rings. The Morgan fingerprint density at radius 1 is 1.12 bits per heavy atom. The van der Waals surface area contributed by atoms with Crippen LogP contribution < -0.4 is 10.6 Å². The molecule has 0 heterocycles. The van der Waals surface area contributed by atoms with Crippen LogP contribution in [0.5, 0.6) is 0 Å². The van der Waals surface area contributed by atoms with Gasteiger partial charge in [-0.1, -0.05) is 12.3 Å². The summed E-state index contributed by atoms with van der Waals surface area (Å²) in [5.41, 5.74) is 0. The first-order valence-corrected chi connectivity index (χ1v) is 6.22. The minimum absolute atomic E-state index is 0.176. The molecular formula is C13H18N2O2. The fraction of sp³-hybridized carbons (Fsp3) is 0.692. The van der Waals surface area contributed by atoms with Gasteiger partial charge in [0.1, 0.15) is 0 Å². The fourth-order valence-corrected chi connectivity index (χ4v) is 2.18. The van der Waals surface area contributed by atoms with Crippen LogP contribution in [-0.2, 0) is 9.59 Å². The van der Waals surface area contributed by atoms with Gasteiger partial charge in [-0.15, -0.1) is 0 Å². The molecule has 2 aliphatic carbocycles. The molecule has 0 aliphatic heterocycles. The number of carbonyl (C=O) groups excluding carboxylic acids is 2. The van der Waals surface area contributed by atoms with Crippen molar-refractivity contribution in [1.82, 2.24) is 10.6 Å². The molecule has 0 aromatic heterocycles. The van der Waals surface area contributed by atoms with E-state index in [1.807, 2.05) is 0 Å². The third kappa shape index (κ3) is 3.00. The monoisotopic (exact) mass is 234 g/mol. The predicted molar refractivity (Wildman–Crippen MR) is 63.9 cm³/mol. The zero-order chi connectivity index (χ0) is 12.3. The van der Waals surface area contributed by atoms with Gasteiger partial charge in [0, 0.05) is 18.0 Å². The van der Waals surface area contributed by atoms with E-state index in [0.717, 1.165) is 25.7 Å². The minimum atomic E-state index is -0.221. The Kier molecular flexibility index (Phi) is 3.68. The SMILES string of the molecule is CC#CC(=O)NC1CC(NC(=O)C2CCC2)C1. The molecule has 17 heavy (non-hydrogen) atoms. The number of hydrogen-bond donors (Lipinski definition) is 2. The molecule has 2 fully saturated rings. The number of carbonyl (C=O) groups is 2. The summed E-state index contributed by atoms with van der Waals surface area (Å²) >= 11 is 0. The van der Waals surface area contributed by atoms with Gasteiger partial charge in [0.25, 0.3) is 5.91 Å². The standard InChI is InChI=1S/C13H18N2O2/c1-2-4-12(16)14-10-7-11(8-10)15-13(17)9-5-3-6-9/h9-11H,3,5-8H2,1H3,(H,14,16)(H,15,17). The van der Waals surface area contributed by atoms with Gasteiger partial charge in [-0.05, 0) is 38.5 Å². The van der Waals surface area contributed by atoms with Crippen molar-refractivity contribution in [1.29, 1.82) is 0 Å². The van der Waals surface area contributed by atoms with Crippen LogP contribution in [0, 0.1) is 17.8 Å². The van der Waals surface area contributed by atoms with Crippen molar-refractivity contribution < 1.29 is 9.59 Å². The van der Waals surface area contributed by atoms with Gasteiger partial charge >= 0.3 is 0 Å². The molecule has 0 aromatic rings. The van der Waals surface area contributed by atoms with E-state index in [0.29, 0.717) is 0 Å². The first-order chi connectivity index (χ1) is 8.19. The average molecular weight is 234 g/mol. The highest BCUT2D eigenvalue weighted by molar-refractivity contribution is 5.93. The summed E-state index contributed by atoms with van der Waals surface area (Å²) in [6.45, 7) is 1.64. The molecule has 2 saturated carbocycles. The summed E-state index contributed by atoms with van der Waals surface area (Å²) < 4.78 is 0. The number of amides is 2. The van der Waals surface area contributed by atoms with Crippen LogP contribution in [0.4, 0.5) is 0 Å². The quantitative estimate of drug-likeness (QED) is 0.702. The molecule has 0 aromatic carbocycles. The van der Waals surface area contributed by atoms with E-state index in [1.54, 1.807) is 6.92 Å². The zero-order valence-corrected chi connectivity index (χ0v) is 10.1. The topological polar surface area (TPSA) is 58.2 Å². The molecular weight excluding hydrogens is 216 g/mol. The maximum atomic E-state index is 11.6. The maximum Gasteiger partial charge on any atom is 0.296 e. The lowest BCUT2D eigenvalue weighted by atomic mass is 9.82. The van der Waals surface area contributed by atoms with Crippen LogP contribution in [0.1, 0.15) is 39.0 Å². The highest BCUT2D eigenvalue weighted by atomic mass is 16.2. The lowest BCUT2D eigenvalue weighted by molar-refractivity contribution is -0.128. The van der Waals surface area contributed by atoms with Crippen molar-refractivity contribution in [2.75, 3.05) is 0 Å². The lowest BCUT2D eigenvalue weighted by Crippen LogP contribution is -2.54. The molecule has 2 rings (SSSR count). The Bertz CT molecular complexity index is 371. The van der Waals surface area contributed by atoms with E-state index in [-0.39, 0.29) is 29.8 Å². The van der Waals surface area contributed by atoms with Crippen molar-refractivity contribution in [2.45, 2.75) is 51.1 Å². The van der Waals surface area contributed by atoms with Crippen LogP contribution in [0.25, 0.3) is 0 Å². The second-order valence-corrected chi connectivity index (χ2v) is 4.85. The molecule has 0 unspecified atom stereocenters. The smallest absolute Gasteiger partial charge is 0.296 e. The Hall–Kier alpha value is -1.50. The van der Waals surface area contributed by atoms with Gasteiger partial charge in [0.15, 0.2) is 0 Å². The van der Waals surface area contributed by atoms with Gasteiger partial charge in [-0.2, -0.15) is 0 Å². The van der Waals surface area contributed by atoms with Gasteiger partial charge < -0.3 is 10.6 Å². The molecule has 0 radical (unpaired) electrons. The molecule has 2 amide bonds. The highest BCUT2D eigenvalue weighted by Crippen LogP contribution is 2.28. The summed E-state index contributed by atoms with van der Waals surface area (Å²) in [7, 11) is 0. The predicted octanol–water partition coefficient (Wildman–Crippen LogP) is 0.573. The van der Waals surface area contributed by atoms with Crippen molar-refractivity contribution in [3.05, 3.63) is 0 Å². The first-order valence-electron chi connectivity index (χ1n) is 6.22. The summed E-state index contributed by atoms with van der Waals surface area (Å²) in [6, 6.07) is 0.415. The molecule has 92 valence electrons. The third-order valence-corrected chi connectivity index (χ3v) is 3.53. The van der Waals surface area contributed by atoms with E-state index < -0.39 is 0 Å². The van der Waals surface area contributed by atoms with Crippen LogP contribution in [0.3, 0.4) is 0 Å². The number of hydrogen-bond acceptors (Lipinski definition) is 2. The number of nitrogens with one attached hydrogen (secondary N) is 2. The molecule has 0 bridgehead atoms. The van der Waals surface area contributed by atoms with Gasteiger partial charge in [0.05, 0.1) is 0 Å². The van der Waals surface area contributed by atoms with Gasteiger partial charge in [-0.25, -0.2) is 0 Å². The van der Waals surface area contributed by atoms with E-state index in [9.17, 15) is 9.59 Å². The Labute approximate surface area is 102 Å². The third-order valence-electron chi connectivity index (χ3n) is 3.53. The van der Waals surface area contributed by atoms with Crippen LogP contribution in [0.15, 0.2) is 0 Å². The lowest BCUT2D eigenvalue weighted by Gasteiger charge is -2.37. The molecule has 4 heteroatoms. The maximum absolute atomic E-state index is 11.6. The van der Waals surface area contributed by atoms with E-state index in [2.05, 4.69) is 22.5 Å². The van der Waals surface area contributed by atoms with Crippen LogP contribution >= 0.6 is 0 Å². The van der Waals surface area contributed by atoms with Crippen LogP contribution in [0.2, 0.25) is 0 Å². The van der Waals surface area contributed by atoms with Crippen molar-refractivity contribution in [3.63, 3.8) is 0 Å². The second kappa shape index (κ2) is 5.22. The molecule has 0 spiro atoms. The molecule has 2 N–H and O–H groups in total. The zero-order valence-electron chi connectivity index (χ0n) is 10.1. The van der Waals surface area contributed by atoms with Gasteiger partial charge in [-0.3, -0.25) is 9.59 Å². The summed E-state index contributed by atoms with van der Waals surface area (Å²) in [4.78, 5) is 22.8. The van der Waals surface area contributed by atoms with E-state index >= 15 is 0 Å². The van der Waals surface area contributed by atoms with Crippen LogP contribution in [-0.4, -0.2) is 23.9 Å². The fourth-order valence-electron chi connectivity index (χ4n) is 2.18. The average Bonchev–Trinajstić information content (AvgIpc) is 2.11. The van der Waals surface area contributed by atoms with Crippen molar-refractivity contribution in [3.8, 4) is 11.8 Å². The molecule has 0 atom stereocenters. The minimum Gasteiger partial charge on any atom is -0.353 e. The first kappa shape index (κ1) is 12.0. The Balaban J connectivity index is 1.63. The Morgan fingerprint density at radius 2 is 1.76 bits per heavy atom. The Morgan fingerprint density at radius 3 is 2.29 bits per heavy atom.